The Bertz CT molecular complexity index is 643. The average molecular weight is 269 g/mol. The molecule has 1 atom stereocenters. The summed E-state index contributed by atoms with van der Waals surface area (Å²) in [6.45, 7) is 2.21. The fraction of sp³-hybridized carbons (Fsp3) is 0.200. The number of nitrogens with zero attached hydrogens (tertiary/aromatic N) is 2. The highest BCUT2D eigenvalue weighted by atomic mass is 16.5. The molecule has 1 aliphatic rings. The van der Waals surface area contributed by atoms with E-state index in [4.69, 9.17) is 10.5 Å². The van der Waals surface area contributed by atoms with Crippen LogP contribution in [0.3, 0.4) is 0 Å². The summed E-state index contributed by atoms with van der Waals surface area (Å²) in [7, 11) is 0. The summed E-state index contributed by atoms with van der Waals surface area (Å²) in [5, 5.41) is 0. The van der Waals surface area contributed by atoms with Crippen LogP contribution in [0.2, 0.25) is 0 Å². The van der Waals surface area contributed by atoms with Crippen LogP contribution in [0.15, 0.2) is 42.7 Å². The molecule has 0 fully saturated rings. The Morgan fingerprint density at radius 1 is 1.40 bits per heavy atom. The zero-order valence-corrected chi connectivity index (χ0v) is 11.1. The van der Waals surface area contributed by atoms with Gasteiger partial charge in [-0.15, -0.1) is 0 Å². The van der Waals surface area contributed by atoms with E-state index in [1.54, 1.807) is 36.4 Å². The van der Waals surface area contributed by atoms with Gasteiger partial charge in [0.25, 0.3) is 5.91 Å². The first-order chi connectivity index (χ1) is 9.65. The lowest BCUT2D eigenvalue weighted by Crippen LogP contribution is -2.44. The zero-order valence-electron chi connectivity index (χ0n) is 11.1. The van der Waals surface area contributed by atoms with Crippen LogP contribution in [-0.4, -0.2) is 17.0 Å². The number of amides is 1. The van der Waals surface area contributed by atoms with Crippen LogP contribution in [0.1, 0.15) is 12.5 Å². The smallest absolute Gasteiger partial charge is 0.268 e. The molecule has 3 rings (SSSR count). The van der Waals surface area contributed by atoms with E-state index in [0.29, 0.717) is 18.0 Å². The van der Waals surface area contributed by atoms with Gasteiger partial charge in [-0.2, -0.15) is 0 Å². The molecule has 1 aromatic carbocycles. The summed E-state index contributed by atoms with van der Waals surface area (Å²) in [5.41, 5.74) is 8.10. The maximum atomic E-state index is 12.3. The first-order valence-electron chi connectivity index (χ1n) is 6.41. The Kier molecular flexibility index (Phi) is 3.02. The lowest BCUT2D eigenvalue weighted by atomic mass is 10.1. The number of fused-ring (bicyclic) bond motifs is 1. The largest absolute Gasteiger partial charge is 0.479 e. The molecule has 0 aliphatic carbocycles. The molecule has 0 saturated heterocycles. The lowest BCUT2D eigenvalue weighted by Gasteiger charge is -2.33. The van der Waals surface area contributed by atoms with Crippen molar-refractivity contribution in [1.82, 2.24) is 4.98 Å². The molecule has 2 aromatic rings. The van der Waals surface area contributed by atoms with Crippen LogP contribution in [0.4, 0.5) is 11.4 Å². The Hall–Kier alpha value is -2.56. The van der Waals surface area contributed by atoms with Gasteiger partial charge in [0.05, 0.1) is 12.2 Å². The molecule has 1 aromatic heterocycles. The second-order valence-corrected chi connectivity index (χ2v) is 4.77. The number of benzene rings is 1. The van der Waals surface area contributed by atoms with Crippen molar-refractivity contribution in [2.24, 2.45) is 0 Å². The van der Waals surface area contributed by atoms with Gasteiger partial charge in [0.15, 0.2) is 6.10 Å². The second kappa shape index (κ2) is 4.85. The van der Waals surface area contributed by atoms with Crippen LogP contribution >= 0.6 is 0 Å². The van der Waals surface area contributed by atoms with E-state index in [9.17, 15) is 4.79 Å². The fourth-order valence-electron chi connectivity index (χ4n) is 2.26. The Morgan fingerprint density at radius 2 is 2.25 bits per heavy atom. The van der Waals surface area contributed by atoms with Crippen molar-refractivity contribution in [3.63, 3.8) is 0 Å². The van der Waals surface area contributed by atoms with Gasteiger partial charge in [0.1, 0.15) is 5.75 Å². The second-order valence-electron chi connectivity index (χ2n) is 4.77. The van der Waals surface area contributed by atoms with Gasteiger partial charge in [-0.05, 0) is 30.7 Å². The number of hydrogen-bond donors (Lipinski definition) is 1. The number of hydrogen-bond acceptors (Lipinski definition) is 4. The molecule has 0 saturated carbocycles. The highest BCUT2D eigenvalue weighted by molar-refractivity contribution is 6.00. The van der Waals surface area contributed by atoms with Gasteiger partial charge in [-0.3, -0.25) is 9.78 Å². The zero-order chi connectivity index (χ0) is 14.1. The average Bonchev–Trinajstić information content (AvgIpc) is 2.45. The van der Waals surface area contributed by atoms with Gasteiger partial charge in [0.2, 0.25) is 0 Å². The third kappa shape index (κ3) is 2.18. The molecule has 0 radical (unpaired) electrons. The standard InChI is InChI=1S/C15H15N3O2/c1-10-15(19)18(9-11-3-2-6-17-8-11)13-5-4-12(16)7-14(13)20-10/h2-8,10H,9,16H2,1H3. The number of pyridine rings is 1. The molecule has 0 bridgehead atoms. The molecule has 20 heavy (non-hydrogen) atoms. The van der Waals surface area contributed by atoms with Crippen molar-refractivity contribution in [2.75, 3.05) is 10.6 Å². The minimum atomic E-state index is -0.513. The fourth-order valence-corrected chi connectivity index (χ4v) is 2.26. The summed E-state index contributed by atoms with van der Waals surface area (Å²) >= 11 is 0. The lowest BCUT2D eigenvalue weighted by molar-refractivity contribution is -0.125. The van der Waals surface area contributed by atoms with Crippen molar-refractivity contribution in [2.45, 2.75) is 19.6 Å². The number of aromatic nitrogens is 1. The van der Waals surface area contributed by atoms with Crippen molar-refractivity contribution in [1.29, 1.82) is 0 Å². The first kappa shape index (κ1) is 12.5. The molecule has 1 aliphatic heterocycles. The quantitative estimate of drug-likeness (QED) is 0.846. The monoisotopic (exact) mass is 269 g/mol. The summed E-state index contributed by atoms with van der Waals surface area (Å²) in [5.74, 6) is 0.576. The normalized spacial score (nSPS) is 17.6. The molecule has 5 heteroatoms. The van der Waals surface area contributed by atoms with E-state index < -0.39 is 6.10 Å². The molecule has 102 valence electrons. The number of carbonyl (C=O) groups excluding carboxylic acids is 1. The molecule has 1 amide bonds. The maximum Gasteiger partial charge on any atom is 0.268 e. The van der Waals surface area contributed by atoms with Crippen LogP contribution in [-0.2, 0) is 11.3 Å². The minimum absolute atomic E-state index is 0.0638. The molecule has 2 N–H and O–H groups in total. The number of nitrogen functional groups attached to an aromatic ring is 1. The van der Waals surface area contributed by atoms with E-state index >= 15 is 0 Å². The summed E-state index contributed by atoms with van der Waals surface area (Å²) in [6.07, 6.45) is 2.95. The number of ether oxygens (including phenoxy) is 1. The highest BCUT2D eigenvalue weighted by Gasteiger charge is 2.31. The van der Waals surface area contributed by atoms with Crippen LogP contribution in [0, 0.1) is 0 Å². The predicted molar refractivity (Wildman–Crippen MR) is 76.4 cm³/mol. The Labute approximate surface area is 117 Å². The number of nitrogens with two attached hydrogens (primary N) is 1. The van der Waals surface area contributed by atoms with Crippen molar-refractivity contribution < 1.29 is 9.53 Å². The SMILES string of the molecule is CC1Oc2cc(N)ccc2N(Cc2cccnc2)C1=O. The third-order valence-electron chi connectivity index (χ3n) is 3.26. The van der Waals surface area contributed by atoms with Gasteiger partial charge in [-0.1, -0.05) is 6.07 Å². The summed E-state index contributed by atoms with van der Waals surface area (Å²) in [6, 6.07) is 9.12. The molecule has 5 nitrogen and oxygen atoms in total. The minimum Gasteiger partial charge on any atom is -0.479 e. The molecule has 0 spiro atoms. The molecule has 2 heterocycles. The molecular weight excluding hydrogens is 254 g/mol. The van der Waals surface area contributed by atoms with E-state index in [0.717, 1.165) is 11.3 Å². The topological polar surface area (TPSA) is 68.5 Å². The van der Waals surface area contributed by atoms with E-state index in [2.05, 4.69) is 4.98 Å². The Balaban J connectivity index is 1.99. The van der Waals surface area contributed by atoms with Crippen LogP contribution < -0.4 is 15.4 Å². The molecule has 1 unspecified atom stereocenters. The number of anilines is 2. The van der Waals surface area contributed by atoms with Gasteiger partial charge in [0, 0.05) is 24.1 Å². The Morgan fingerprint density at radius 3 is 3.00 bits per heavy atom. The van der Waals surface area contributed by atoms with Crippen LogP contribution in [0.5, 0.6) is 5.75 Å². The van der Waals surface area contributed by atoms with Gasteiger partial charge < -0.3 is 15.4 Å². The van der Waals surface area contributed by atoms with Crippen LogP contribution in [0.25, 0.3) is 0 Å². The van der Waals surface area contributed by atoms with Gasteiger partial charge >= 0.3 is 0 Å². The van der Waals surface area contributed by atoms with E-state index in [-0.39, 0.29) is 5.91 Å². The summed E-state index contributed by atoms with van der Waals surface area (Å²) in [4.78, 5) is 18.1. The number of rotatable bonds is 2. The van der Waals surface area contributed by atoms with Gasteiger partial charge in [-0.25, -0.2) is 0 Å². The van der Waals surface area contributed by atoms with Crippen molar-refractivity contribution >= 4 is 17.3 Å². The van der Waals surface area contributed by atoms with E-state index in [1.807, 2.05) is 18.2 Å². The first-order valence-corrected chi connectivity index (χ1v) is 6.41. The van der Waals surface area contributed by atoms with Crippen molar-refractivity contribution in [3.05, 3.63) is 48.3 Å². The summed E-state index contributed by atoms with van der Waals surface area (Å²) < 4.78 is 5.61. The predicted octanol–water partition coefficient (Wildman–Crippen LogP) is 1.98. The highest BCUT2D eigenvalue weighted by Crippen LogP contribution is 2.36. The number of carbonyl (C=O) groups is 1. The molecular formula is C15H15N3O2. The maximum absolute atomic E-state index is 12.3. The van der Waals surface area contributed by atoms with E-state index in [1.165, 1.54) is 0 Å². The third-order valence-corrected chi connectivity index (χ3v) is 3.26. The van der Waals surface area contributed by atoms with Crippen molar-refractivity contribution in [3.8, 4) is 5.75 Å².